The van der Waals surface area contributed by atoms with Crippen LogP contribution in [0.25, 0.3) is 11.5 Å². The number of carbonyl (C=O) groups excluding carboxylic acids is 1. The molecule has 3 aromatic rings. The van der Waals surface area contributed by atoms with E-state index in [0.29, 0.717) is 30.5 Å². The van der Waals surface area contributed by atoms with Crippen LogP contribution in [-0.2, 0) is 6.42 Å². The van der Waals surface area contributed by atoms with Gasteiger partial charge in [-0.15, -0.1) is 0 Å². The molecule has 0 spiro atoms. The van der Waals surface area contributed by atoms with Gasteiger partial charge in [-0.2, -0.15) is 0 Å². The van der Waals surface area contributed by atoms with E-state index in [4.69, 9.17) is 4.42 Å². The van der Waals surface area contributed by atoms with Crippen LogP contribution in [0, 0.1) is 6.92 Å². The largest absolute Gasteiger partial charge is 0.444 e. The second-order valence-corrected chi connectivity index (χ2v) is 7.44. The standard InChI is InChI=1S/C24H29N3O2/c1-5-27(17(2)3)22-12-10-19(11-13-22)23(28)25-15-14-21-16-29-24(26-21)20-8-6-18(4)7-9-20/h6-13,16-17H,5,14-15H2,1-4H3,(H,25,28). The van der Waals surface area contributed by atoms with E-state index in [9.17, 15) is 4.79 Å². The van der Waals surface area contributed by atoms with E-state index in [1.165, 1.54) is 5.56 Å². The highest BCUT2D eigenvalue weighted by Crippen LogP contribution is 2.20. The zero-order valence-corrected chi connectivity index (χ0v) is 17.6. The van der Waals surface area contributed by atoms with Crippen molar-refractivity contribution in [1.29, 1.82) is 0 Å². The van der Waals surface area contributed by atoms with Crippen molar-refractivity contribution in [2.75, 3.05) is 18.0 Å². The summed E-state index contributed by atoms with van der Waals surface area (Å²) in [6, 6.07) is 16.2. The Morgan fingerprint density at radius 1 is 1.10 bits per heavy atom. The molecule has 0 aliphatic heterocycles. The number of anilines is 1. The lowest BCUT2D eigenvalue weighted by Gasteiger charge is -2.27. The summed E-state index contributed by atoms with van der Waals surface area (Å²) in [4.78, 5) is 19.2. The summed E-state index contributed by atoms with van der Waals surface area (Å²) in [6.07, 6.45) is 2.28. The Balaban J connectivity index is 1.53. The van der Waals surface area contributed by atoms with Gasteiger partial charge in [0.15, 0.2) is 0 Å². The number of nitrogens with one attached hydrogen (secondary N) is 1. The average Bonchev–Trinajstić information content (AvgIpc) is 3.18. The smallest absolute Gasteiger partial charge is 0.251 e. The van der Waals surface area contributed by atoms with E-state index >= 15 is 0 Å². The molecule has 3 rings (SSSR count). The first kappa shape index (κ1) is 20.6. The number of carbonyl (C=O) groups is 1. The molecule has 5 nitrogen and oxygen atoms in total. The maximum atomic E-state index is 12.4. The topological polar surface area (TPSA) is 58.4 Å². The lowest BCUT2D eigenvalue weighted by molar-refractivity contribution is 0.0954. The molecular weight excluding hydrogens is 362 g/mol. The molecule has 0 saturated carbocycles. The monoisotopic (exact) mass is 391 g/mol. The summed E-state index contributed by atoms with van der Waals surface area (Å²) in [5, 5.41) is 2.96. The van der Waals surface area contributed by atoms with Crippen molar-refractivity contribution in [3.05, 3.63) is 71.6 Å². The van der Waals surface area contributed by atoms with Gasteiger partial charge in [0, 0.05) is 42.4 Å². The Morgan fingerprint density at radius 2 is 1.79 bits per heavy atom. The summed E-state index contributed by atoms with van der Waals surface area (Å²) in [7, 11) is 0. The van der Waals surface area contributed by atoms with Crippen LogP contribution < -0.4 is 10.2 Å². The van der Waals surface area contributed by atoms with Crippen LogP contribution in [-0.4, -0.2) is 30.0 Å². The summed E-state index contributed by atoms with van der Waals surface area (Å²) >= 11 is 0. The van der Waals surface area contributed by atoms with Crippen LogP contribution in [0.2, 0.25) is 0 Å². The Bertz CT molecular complexity index is 928. The molecule has 1 heterocycles. The molecule has 5 heteroatoms. The van der Waals surface area contributed by atoms with Crippen molar-refractivity contribution in [2.45, 2.75) is 40.2 Å². The summed E-state index contributed by atoms with van der Waals surface area (Å²) in [5.41, 5.74) is 4.77. The van der Waals surface area contributed by atoms with E-state index < -0.39 is 0 Å². The second kappa shape index (κ2) is 9.41. The van der Waals surface area contributed by atoms with Gasteiger partial charge in [0.1, 0.15) is 6.26 Å². The molecule has 0 aliphatic rings. The number of hydrogen-bond donors (Lipinski definition) is 1. The predicted molar refractivity (Wildman–Crippen MR) is 117 cm³/mol. The minimum Gasteiger partial charge on any atom is -0.444 e. The van der Waals surface area contributed by atoms with Gasteiger partial charge in [-0.3, -0.25) is 4.79 Å². The highest BCUT2D eigenvalue weighted by molar-refractivity contribution is 5.94. The fourth-order valence-electron chi connectivity index (χ4n) is 3.31. The zero-order chi connectivity index (χ0) is 20.8. The lowest BCUT2D eigenvalue weighted by atomic mass is 10.1. The summed E-state index contributed by atoms with van der Waals surface area (Å²) < 4.78 is 5.57. The molecule has 0 saturated heterocycles. The molecule has 29 heavy (non-hydrogen) atoms. The van der Waals surface area contributed by atoms with Crippen LogP contribution in [0.1, 0.15) is 42.4 Å². The summed E-state index contributed by atoms with van der Waals surface area (Å²) in [5.74, 6) is 0.527. The predicted octanol–water partition coefficient (Wildman–Crippen LogP) is 4.86. The van der Waals surface area contributed by atoms with Gasteiger partial charge < -0.3 is 14.6 Å². The third kappa shape index (κ3) is 5.25. The molecule has 152 valence electrons. The first-order valence-electron chi connectivity index (χ1n) is 10.1. The Kier molecular flexibility index (Phi) is 6.70. The number of amides is 1. The number of rotatable bonds is 8. The molecule has 1 aromatic heterocycles. The van der Waals surface area contributed by atoms with Crippen molar-refractivity contribution in [3.63, 3.8) is 0 Å². The minimum atomic E-state index is -0.0774. The Morgan fingerprint density at radius 3 is 2.41 bits per heavy atom. The minimum absolute atomic E-state index is 0.0774. The molecule has 0 aliphatic carbocycles. The number of aryl methyl sites for hydroxylation is 1. The number of aromatic nitrogens is 1. The van der Waals surface area contributed by atoms with Gasteiger partial charge in [-0.1, -0.05) is 17.7 Å². The highest BCUT2D eigenvalue weighted by atomic mass is 16.3. The number of benzene rings is 2. The average molecular weight is 392 g/mol. The maximum Gasteiger partial charge on any atom is 0.251 e. The van der Waals surface area contributed by atoms with Crippen LogP contribution in [0.4, 0.5) is 5.69 Å². The normalized spacial score (nSPS) is 10.9. The molecule has 2 aromatic carbocycles. The molecule has 0 fully saturated rings. The summed E-state index contributed by atoms with van der Waals surface area (Å²) in [6.45, 7) is 9.95. The second-order valence-electron chi connectivity index (χ2n) is 7.44. The molecule has 1 N–H and O–H groups in total. The van der Waals surface area contributed by atoms with Gasteiger partial charge in [-0.05, 0) is 64.1 Å². The SMILES string of the molecule is CCN(c1ccc(C(=O)NCCc2coc(-c3ccc(C)cc3)n2)cc1)C(C)C. The Labute approximate surface area is 172 Å². The van der Waals surface area contributed by atoms with Crippen LogP contribution in [0.15, 0.2) is 59.2 Å². The van der Waals surface area contributed by atoms with Crippen molar-refractivity contribution in [3.8, 4) is 11.5 Å². The van der Waals surface area contributed by atoms with Gasteiger partial charge in [0.05, 0.1) is 5.69 Å². The highest BCUT2D eigenvalue weighted by Gasteiger charge is 2.11. The van der Waals surface area contributed by atoms with Crippen molar-refractivity contribution in [1.82, 2.24) is 10.3 Å². The van der Waals surface area contributed by atoms with Gasteiger partial charge in [0.25, 0.3) is 5.91 Å². The Hall–Kier alpha value is -3.08. The molecule has 0 radical (unpaired) electrons. The number of hydrogen-bond acceptors (Lipinski definition) is 4. The molecule has 0 unspecified atom stereocenters. The molecule has 0 atom stereocenters. The quantitative estimate of drug-likeness (QED) is 0.596. The van der Waals surface area contributed by atoms with E-state index in [1.54, 1.807) is 6.26 Å². The first-order chi connectivity index (χ1) is 14.0. The van der Waals surface area contributed by atoms with Gasteiger partial charge in [-0.25, -0.2) is 4.98 Å². The lowest BCUT2D eigenvalue weighted by Crippen LogP contribution is -2.30. The molecular formula is C24H29N3O2. The fraction of sp³-hybridized carbons (Fsp3) is 0.333. The third-order valence-electron chi connectivity index (χ3n) is 4.94. The molecule has 1 amide bonds. The zero-order valence-electron chi connectivity index (χ0n) is 17.6. The van der Waals surface area contributed by atoms with Crippen molar-refractivity contribution < 1.29 is 9.21 Å². The first-order valence-corrected chi connectivity index (χ1v) is 10.1. The van der Waals surface area contributed by atoms with E-state index in [2.05, 4.69) is 36.0 Å². The third-order valence-corrected chi connectivity index (χ3v) is 4.94. The maximum absolute atomic E-state index is 12.4. The van der Waals surface area contributed by atoms with E-state index in [-0.39, 0.29) is 5.91 Å². The van der Waals surface area contributed by atoms with Crippen LogP contribution in [0.5, 0.6) is 0 Å². The van der Waals surface area contributed by atoms with E-state index in [1.807, 2.05) is 55.5 Å². The van der Waals surface area contributed by atoms with Crippen molar-refractivity contribution >= 4 is 11.6 Å². The van der Waals surface area contributed by atoms with Gasteiger partial charge in [0.2, 0.25) is 5.89 Å². The van der Waals surface area contributed by atoms with E-state index in [0.717, 1.165) is 23.5 Å². The number of nitrogens with zero attached hydrogens (tertiary/aromatic N) is 2. The van der Waals surface area contributed by atoms with Gasteiger partial charge >= 0.3 is 0 Å². The number of oxazole rings is 1. The van der Waals surface area contributed by atoms with Crippen LogP contribution in [0.3, 0.4) is 0 Å². The fourth-order valence-corrected chi connectivity index (χ4v) is 3.31. The molecule has 0 bridgehead atoms. The van der Waals surface area contributed by atoms with Crippen molar-refractivity contribution in [2.24, 2.45) is 0 Å². The van der Waals surface area contributed by atoms with Crippen LogP contribution >= 0.6 is 0 Å².